The average Bonchev–Trinajstić information content (AvgIpc) is 3.29. The molecule has 0 saturated heterocycles. The summed E-state index contributed by atoms with van der Waals surface area (Å²) in [5, 5.41) is 0.505. The van der Waals surface area contributed by atoms with Crippen LogP contribution in [0, 0.1) is 0 Å². The fourth-order valence-electron chi connectivity index (χ4n) is 3.98. The molecule has 1 aromatic heterocycles. The van der Waals surface area contributed by atoms with Crippen molar-refractivity contribution in [2.75, 3.05) is 0 Å². The molecule has 1 aliphatic carbocycles. The van der Waals surface area contributed by atoms with E-state index in [1.54, 1.807) is 24.3 Å². The zero-order chi connectivity index (χ0) is 20.0. The molecule has 0 N–H and O–H groups in total. The van der Waals surface area contributed by atoms with Gasteiger partial charge in [0.05, 0.1) is 16.7 Å². The highest BCUT2D eigenvalue weighted by Crippen LogP contribution is 2.34. The molecule has 1 saturated carbocycles. The number of imide groups is 1. The summed E-state index contributed by atoms with van der Waals surface area (Å²) in [6.07, 6.45) is 5.69. The number of aromatic nitrogens is 1. The number of amides is 2. The third-order valence-electron chi connectivity index (χ3n) is 5.53. The van der Waals surface area contributed by atoms with Crippen LogP contribution in [0.3, 0.4) is 0 Å². The van der Waals surface area contributed by atoms with Crippen molar-refractivity contribution in [2.45, 2.75) is 38.0 Å². The van der Waals surface area contributed by atoms with E-state index in [0.717, 1.165) is 12.8 Å². The summed E-state index contributed by atoms with van der Waals surface area (Å²) in [5.74, 6) is -1.11. The normalized spacial score (nSPS) is 17.0. The summed E-state index contributed by atoms with van der Waals surface area (Å²) in [6.45, 7) is 0. The summed E-state index contributed by atoms with van der Waals surface area (Å²) < 4.78 is 5.89. The third-order valence-corrected chi connectivity index (χ3v) is 5.53. The molecule has 2 heterocycles. The van der Waals surface area contributed by atoms with Gasteiger partial charge in [-0.2, -0.15) is 0 Å². The lowest BCUT2D eigenvalue weighted by atomic mass is 9.89. The van der Waals surface area contributed by atoms with E-state index >= 15 is 0 Å². The number of hydroxylamine groups is 2. The van der Waals surface area contributed by atoms with Crippen molar-refractivity contribution >= 4 is 28.9 Å². The molecule has 7 nitrogen and oxygen atoms in total. The lowest BCUT2D eigenvalue weighted by Gasteiger charge is -2.17. The molecule has 2 amide bonds. The molecule has 0 spiro atoms. The van der Waals surface area contributed by atoms with Gasteiger partial charge in [-0.05, 0) is 43.2 Å². The van der Waals surface area contributed by atoms with Crippen LogP contribution in [0.15, 0.2) is 46.9 Å². The Kier molecular flexibility index (Phi) is 4.16. The number of nitrogens with zero attached hydrogens (tertiary/aromatic N) is 2. The first-order chi connectivity index (χ1) is 14.1. The van der Waals surface area contributed by atoms with Gasteiger partial charge in [-0.1, -0.05) is 36.5 Å². The molecule has 0 bridgehead atoms. The van der Waals surface area contributed by atoms with Crippen molar-refractivity contribution in [1.82, 2.24) is 10.0 Å². The van der Waals surface area contributed by atoms with E-state index in [4.69, 9.17) is 9.25 Å². The zero-order valence-corrected chi connectivity index (χ0v) is 15.6. The Hall–Kier alpha value is -3.48. The molecule has 7 heteroatoms. The highest BCUT2D eigenvalue weighted by Gasteiger charge is 2.38. The predicted octanol–water partition coefficient (Wildman–Crippen LogP) is 4.24. The number of hydrogen-bond acceptors (Lipinski definition) is 6. The Labute approximate surface area is 166 Å². The van der Waals surface area contributed by atoms with Crippen LogP contribution in [0.5, 0.6) is 0 Å². The van der Waals surface area contributed by atoms with Gasteiger partial charge in [-0.25, -0.2) is 9.78 Å². The second-order valence-corrected chi connectivity index (χ2v) is 7.40. The highest BCUT2D eigenvalue weighted by atomic mass is 16.7. The maximum atomic E-state index is 12.6. The number of oxazole rings is 1. The SMILES string of the molecule is O=C(ON1C(=O)c2ccccc2C1=O)c1ccc2nc(C3CCCCC3)oc2c1. The first kappa shape index (κ1) is 17.6. The summed E-state index contributed by atoms with van der Waals surface area (Å²) in [4.78, 5) is 47.0. The van der Waals surface area contributed by atoms with Crippen molar-refractivity contribution in [3.63, 3.8) is 0 Å². The summed E-state index contributed by atoms with van der Waals surface area (Å²) in [5.41, 5.74) is 1.77. The van der Waals surface area contributed by atoms with Crippen LogP contribution in [0.25, 0.3) is 11.1 Å². The van der Waals surface area contributed by atoms with Crippen molar-refractivity contribution in [3.05, 3.63) is 65.0 Å². The summed E-state index contributed by atoms with van der Waals surface area (Å²) >= 11 is 0. The Bertz CT molecular complexity index is 1110. The van der Waals surface area contributed by atoms with Crippen LogP contribution in [0.2, 0.25) is 0 Å². The molecule has 1 aliphatic heterocycles. The molecular formula is C22H18N2O5. The van der Waals surface area contributed by atoms with Crippen LogP contribution in [-0.2, 0) is 4.84 Å². The lowest BCUT2D eigenvalue weighted by Crippen LogP contribution is -2.32. The maximum Gasteiger partial charge on any atom is 0.364 e. The molecule has 2 aliphatic rings. The third kappa shape index (κ3) is 2.99. The van der Waals surface area contributed by atoms with Crippen molar-refractivity contribution in [3.8, 4) is 0 Å². The van der Waals surface area contributed by atoms with E-state index in [9.17, 15) is 14.4 Å². The highest BCUT2D eigenvalue weighted by molar-refractivity contribution is 6.21. The van der Waals surface area contributed by atoms with Crippen molar-refractivity contribution < 1.29 is 23.6 Å². The molecule has 146 valence electrons. The second kappa shape index (κ2) is 6.84. The monoisotopic (exact) mass is 390 g/mol. The average molecular weight is 390 g/mol. The first-order valence-corrected chi connectivity index (χ1v) is 9.72. The van der Waals surface area contributed by atoms with Crippen molar-refractivity contribution in [1.29, 1.82) is 0 Å². The molecule has 0 atom stereocenters. The minimum absolute atomic E-state index is 0.181. The van der Waals surface area contributed by atoms with E-state index < -0.39 is 17.8 Å². The van der Waals surface area contributed by atoms with Gasteiger partial charge in [-0.15, -0.1) is 0 Å². The van der Waals surface area contributed by atoms with E-state index in [2.05, 4.69) is 4.98 Å². The predicted molar refractivity (Wildman–Crippen MR) is 102 cm³/mol. The standard InChI is InChI=1S/C22H18N2O5/c25-20-15-8-4-5-9-16(15)21(26)24(20)29-22(27)14-10-11-17-18(12-14)28-19(23-17)13-6-2-1-3-7-13/h4-5,8-13H,1-3,6-7H2. The smallest absolute Gasteiger partial charge is 0.364 e. The minimum atomic E-state index is -0.808. The second-order valence-electron chi connectivity index (χ2n) is 7.40. The quantitative estimate of drug-likeness (QED) is 0.621. The number of carbonyl (C=O) groups is 3. The van der Waals surface area contributed by atoms with Gasteiger partial charge in [0.25, 0.3) is 11.8 Å². The van der Waals surface area contributed by atoms with Crippen LogP contribution >= 0.6 is 0 Å². The molecule has 1 fully saturated rings. The van der Waals surface area contributed by atoms with Gasteiger partial charge in [0, 0.05) is 5.92 Å². The molecule has 0 radical (unpaired) electrons. The molecule has 0 unspecified atom stereocenters. The Balaban J connectivity index is 1.37. The fourth-order valence-corrected chi connectivity index (χ4v) is 3.98. The molecule has 3 aromatic rings. The summed E-state index contributed by atoms with van der Waals surface area (Å²) in [6, 6.07) is 11.1. The summed E-state index contributed by atoms with van der Waals surface area (Å²) in [7, 11) is 0. The van der Waals surface area contributed by atoms with Gasteiger partial charge >= 0.3 is 5.97 Å². The van der Waals surface area contributed by atoms with Crippen LogP contribution in [0.1, 0.15) is 75.0 Å². The number of carbonyl (C=O) groups excluding carboxylic acids is 3. The molecule has 2 aromatic carbocycles. The number of hydrogen-bond donors (Lipinski definition) is 0. The van der Waals surface area contributed by atoms with Crippen molar-refractivity contribution in [2.24, 2.45) is 0 Å². The van der Waals surface area contributed by atoms with E-state index in [0.29, 0.717) is 28.0 Å². The van der Waals surface area contributed by atoms with Crippen LogP contribution in [0.4, 0.5) is 0 Å². The molecule has 29 heavy (non-hydrogen) atoms. The Morgan fingerprint density at radius 3 is 2.38 bits per heavy atom. The van der Waals surface area contributed by atoms with Crippen LogP contribution in [-0.4, -0.2) is 27.8 Å². The minimum Gasteiger partial charge on any atom is -0.440 e. The molecule has 5 rings (SSSR count). The van der Waals surface area contributed by atoms with Gasteiger partial charge in [0.2, 0.25) is 0 Å². The maximum absolute atomic E-state index is 12.6. The fraction of sp³-hybridized carbons (Fsp3) is 0.273. The van der Waals surface area contributed by atoms with Gasteiger partial charge in [0.15, 0.2) is 11.5 Å². The molecular weight excluding hydrogens is 372 g/mol. The lowest BCUT2D eigenvalue weighted by molar-refractivity contribution is -0.0584. The van der Waals surface area contributed by atoms with E-state index in [-0.39, 0.29) is 16.7 Å². The van der Waals surface area contributed by atoms with Gasteiger partial charge in [-0.3, -0.25) is 9.59 Å². The zero-order valence-electron chi connectivity index (χ0n) is 15.6. The Morgan fingerprint density at radius 2 is 1.69 bits per heavy atom. The Morgan fingerprint density at radius 1 is 1.00 bits per heavy atom. The number of fused-ring (bicyclic) bond motifs is 2. The van der Waals surface area contributed by atoms with E-state index in [1.165, 1.54) is 37.5 Å². The van der Waals surface area contributed by atoms with Gasteiger partial charge < -0.3 is 9.25 Å². The van der Waals surface area contributed by atoms with Gasteiger partial charge in [0.1, 0.15) is 5.52 Å². The first-order valence-electron chi connectivity index (χ1n) is 9.72. The number of benzene rings is 2. The number of rotatable bonds is 3. The van der Waals surface area contributed by atoms with Crippen LogP contribution < -0.4 is 0 Å². The van der Waals surface area contributed by atoms with E-state index in [1.807, 2.05) is 0 Å². The largest absolute Gasteiger partial charge is 0.440 e. The topological polar surface area (TPSA) is 89.7 Å².